The Labute approximate surface area is 61.0 Å². The highest BCUT2D eigenvalue weighted by molar-refractivity contribution is 5.04. The summed E-state index contributed by atoms with van der Waals surface area (Å²) in [5.41, 5.74) is 5.59. The Hall–Kier alpha value is -0.340. The van der Waals surface area contributed by atoms with Crippen LogP contribution in [0, 0.1) is 5.92 Å². The van der Waals surface area contributed by atoms with Gasteiger partial charge in [0.15, 0.2) is 0 Å². The minimum atomic E-state index is -0.223. The second kappa shape index (κ2) is 1.83. The quantitative estimate of drug-likeness (QED) is 0.435. The summed E-state index contributed by atoms with van der Waals surface area (Å²) in [4.78, 5) is 0. The van der Waals surface area contributed by atoms with Gasteiger partial charge in [-0.1, -0.05) is 6.08 Å². The van der Waals surface area contributed by atoms with Crippen LogP contribution in [0.3, 0.4) is 0 Å². The molecule has 10 heavy (non-hydrogen) atoms. The van der Waals surface area contributed by atoms with Crippen LogP contribution in [0.1, 0.15) is 19.3 Å². The fourth-order valence-electron chi connectivity index (χ4n) is 1.72. The first kappa shape index (κ1) is 6.38. The normalized spacial score (nSPS) is 51.7. The maximum Gasteiger partial charge on any atom is 0.143 e. The van der Waals surface area contributed by atoms with Gasteiger partial charge in [-0.15, -0.1) is 6.58 Å². The van der Waals surface area contributed by atoms with Crippen molar-refractivity contribution >= 4 is 0 Å². The van der Waals surface area contributed by atoms with Crippen molar-refractivity contribution < 1.29 is 4.74 Å². The Kier molecular flexibility index (Phi) is 1.17. The molecule has 0 aromatic carbocycles. The van der Waals surface area contributed by atoms with Gasteiger partial charge in [0.2, 0.25) is 0 Å². The topological polar surface area (TPSA) is 38.5 Å². The van der Waals surface area contributed by atoms with E-state index in [1.807, 2.05) is 6.08 Å². The maximum absolute atomic E-state index is 5.81. The van der Waals surface area contributed by atoms with Crippen molar-refractivity contribution in [1.82, 2.24) is 0 Å². The maximum atomic E-state index is 5.81. The molecule has 0 aromatic heterocycles. The van der Waals surface area contributed by atoms with E-state index in [2.05, 4.69) is 6.58 Å². The number of fused-ring (bicyclic) bond motifs is 1. The Morgan fingerprint density at radius 3 is 3.10 bits per heavy atom. The van der Waals surface area contributed by atoms with Gasteiger partial charge in [0.25, 0.3) is 0 Å². The van der Waals surface area contributed by atoms with E-state index in [1.54, 1.807) is 0 Å². The standard InChI is InChI=1S/C8H13NO/c1-2-6-3-4-8(9)7(5-6)10-8/h2,6-7H,1,3-5,9H2. The highest BCUT2D eigenvalue weighted by Crippen LogP contribution is 2.45. The van der Waals surface area contributed by atoms with Gasteiger partial charge >= 0.3 is 0 Å². The zero-order chi connectivity index (χ0) is 7.19. The van der Waals surface area contributed by atoms with Crippen LogP contribution in [-0.2, 0) is 4.74 Å². The zero-order valence-corrected chi connectivity index (χ0v) is 6.05. The van der Waals surface area contributed by atoms with Gasteiger partial charge in [-0.25, -0.2) is 0 Å². The fourth-order valence-corrected chi connectivity index (χ4v) is 1.72. The predicted molar refractivity (Wildman–Crippen MR) is 39.3 cm³/mol. The van der Waals surface area contributed by atoms with E-state index in [0.29, 0.717) is 12.0 Å². The lowest BCUT2D eigenvalue weighted by Gasteiger charge is -2.18. The number of nitrogens with two attached hydrogens (primary N) is 1. The number of hydrogen-bond donors (Lipinski definition) is 1. The lowest BCUT2D eigenvalue weighted by atomic mass is 9.87. The molecule has 0 aromatic rings. The molecule has 3 atom stereocenters. The van der Waals surface area contributed by atoms with Crippen molar-refractivity contribution in [3.8, 4) is 0 Å². The summed E-state index contributed by atoms with van der Waals surface area (Å²) in [6.45, 7) is 3.76. The molecule has 0 bridgehead atoms. The van der Waals surface area contributed by atoms with Crippen molar-refractivity contribution in [2.24, 2.45) is 11.7 Å². The summed E-state index contributed by atoms with van der Waals surface area (Å²) in [5.74, 6) is 0.643. The molecule has 2 fully saturated rings. The lowest BCUT2D eigenvalue weighted by Crippen LogP contribution is -2.32. The summed E-state index contributed by atoms with van der Waals surface area (Å²) in [6.07, 6.45) is 5.59. The highest BCUT2D eigenvalue weighted by atomic mass is 16.6. The van der Waals surface area contributed by atoms with E-state index in [9.17, 15) is 0 Å². The molecule has 0 amide bonds. The van der Waals surface area contributed by atoms with E-state index in [1.165, 1.54) is 0 Å². The zero-order valence-electron chi connectivity index (χ0n) is 6.05. The summed E-state index contributed by atoms with van der Waals surface area (Å²) >= 11 is 0. The average molecular weight is 139 g/mol. The Morgan fingerprint density at radius 1 is 1.70 bits per heavy atom. The third kappa shape index (κ3) is 0.796. The van der Waals surface area contributed by atoms with Gasteiger partial charge in [-0.2, -0.15) is 0 Å². The van der Waals surface area contributed by atoms with E-state index >= 15 is 0 Å². The molecule has 2 nitrogen and oxygen atoms in total. The molecule has 1 saturated heterocycles. The van der Waals surface area contributed by atoms with Gasteiger partial charge < -0.3 is 10.5 Å². The minimum Gasteiger partial charge on any atom is -0.350 e. The van der Waals surface area contributed by atoms with Crippen molar-refractivity contribution in [3.63, 3.8) is 0 Å². The molecule has 2 N–H and O–H groups in total. The first-order valence-corrected chi connectivity index (χ1v) is 3.84. The largest absolute Gasteiger partial charge is 0.350 e. The molecular formula is C8H13NO. The number of hydrogen-bond acceptors (Lipinski definition) is 2. The van der Waals surface area contributed by atoms with Gasteiger partial charge in [0.05, 0.1) is 0 Å². The van der Waals surface area contributed by atoms with E-state index in [-0.39, 0.29) is 5.72 Å². The first-order valence-electron chi connectivity index (χ1n) is 3.84. The molecule has 1 heterocycles. The van der Waals surface area contributed by atoms with Crippen molar-refractivity contribution in [1.29, 1.82) is 0 Å². The van der Waals surface area contributed by atoms with Gasteiger partial charge in [-0.3, -0.25) is 0 Å². The van der Waals surface area contributed by atoms with E-state index in [0.717, 1.165) is 19.3 Å². The summed E-state index contributed by atoms with van der Waals surface area (Å²) in [7, 11) is 0. The van der Waals surface area contributed by atoms with Gasteiger partial charge in [0.1, 0.15) is 11.8 Å². The number of rotatable bonds is 1. The first-order chi connectivity index (χ1) is 4.74. The average Bonchev–Trinajstić information content (AvgIpc) is 2.59. The molecular weight excluding hydrogens is 126 g/mol. The minimum absolute atomic E-state index is 0.223. The third-order valence-electron chi connectivity index (χ3n) is 2.61. The van der Waals surface area contributed by atoms with Crippen LogP contribution in [-0.4, -0.2) is 11.8 Å². The van der Waals surface area contributed by atoms with Crippen LogP contribution in [0.25, 0.3) is 0 Å². The molecule has 0 radical (unpaired) electrons. The molecule has 3 unspecified atom stereocenters. The lowest BCUT2D eigenvalue weighted by molar-refractivity contribution is 0.291. The number of epoxide rings is 1. The van der Waals surface area contributed by atoms with Crippen LogP contribution >= 0.6 is 0 Å². The molecule has 2 rings (SSSR count). The second-order valence-electron chi connectivity index (χ2n) is 3.33. The van der Waals surface area contributed by atoms with Crippen molar-refractivity contribution in [3.05, 3.63) is 12.7 Å². The molecule has 56 valence electrons. The Bertz CT molecular complexity index is 169. The van der Waals surface area contributed by atoms with Crippen LogP contribution in [0.15, 0.2) is 12.7 Å². The summed E-state index contributed by atoms with van der Waals surface area (Å²) in [5, 5.41) is 0. The fraction of sp³-hybridized carbons (Fsp3) is 0.750. The Balaban J connectivity index is 1.98. The molecule has 0 spiro atoms. The summed E-state index contributed by atoms with van der Waals surface area (Å²) in [6, 6.07) is 0. The molecule has 1 aliphatic heterocycles. The van der Waals surface area contributed by atoms with Crippen LogP contribution in [0.4, 0.5) is 0 Å². The predicted octanol–water partition coefficient (Wildman–Crippen LogP) is 1.03. The van der Waals surface area contributed by atoms with Crippen LogP contribution in [0.5, 0.6) is 0 Å². The van der Waals surface area contributed by atoms with Crippen molar-refractivity contribution in [2.45, 2.75) is 31.1 Å². The highest BCUT2D eigenvalue weighted by Gasteiger charge is 2.55. The SMILES string of the molecule is C=CC1CCC2(N)OC2C1. The van der Waals surface area contributed by atoms with Crippen molar-refractivity contribution in [2.75, 3.05) is 0 Å². The number of allylic oxidation sites excluding steroid dienone is 1. The monoisotopic (exact) mass is 139 g/mol. The number of ether oxygens (including phenoxy) is 1. The smallest absolute Gasteiger partial charge is 0.143 e. The van der Waals surface area contributed by atoms with Crippen LogP contribution < -0.4 is 5.73 Å². The molecule has 2 aliphatic rings. The van der Waals surface area contributed by atoms with Gasteiger partial charge in [-0.05, 0) is 25.2 Å². The Morgan fingerprint density at radius 2 is 2.50 bits per heavy atom. The molecule has 1 saturated carbocycles. The molecule has 1 aliphatic carbocycles. The molecule has 2 heteroatoms. The second-order valence-corrected chi connectivity index (χ2v) is 3.33. The third-order valence-corrected chi connectivity index (χ3v) is 2.61. The van der Waals surface area contributed by atoms with Gasteiger partial charge in [0, 0.05) is 0 Å². The summed E-state index contributed by atoms with van der Waals surface area (Å²) < 4.78 is 5.33. The van der Waals surface area contributed by atoms with Crippen LogP contribution in [0.2, 0.25) is 0 Å². The van der Waals surface area contributed by atoms with E-state index < -0.39 is 0 Å². The van der Waals surface area contributed by atoms with E-state index in [4.69, 9.17) is 10.5 Å².